The number of hydrogen-bond donors (Lipinski definition) is 0. The Morgan fingerprint density at radius 2 is 1.94 bits per heavy atom. The van der Waals surface area contributed by atoms with Crippen molar-refractivity contribution in [1.82, 2.24) is 0 Å². The first-order valence-electron chi connectivity index (χ1n) is 6.15. The first-order valence-corrected chi connectivity index (χ1v) is 6.15. The summed E-state index contributed by atoms with van der Waals surface area (Å²) < 4.78 is 5.78. The minimum Gasteiger partial charge on any atom is -0.472 e. The van der Waals surface area contributed by atoms with E-state index in [2.05, 4.69) is 18.8 Å². The number of hydrogen-bond acceptors (Lipinski definition) is 4. The lowest BCUT2D eigenvalue weighted by molar-refractivity contribution is -0.384. The van der Waals surface area contributed by atoms with E-state index in [9.17, 15) is 10.1 Å². The van der Waals surface area contributed by atoms with Gasteiger partial charge < -0.3 is 4.74 Å². The molecule has 1 heterocycles. The summed E-state index contributed by atoms with van der Waals surface area (Å²) in [4.78, 5) is 14.7. The van der Waals surface area contributed by atoms with Crippen molar-refractivity contribution >= 4 is 11.6 Å². The highest BCUT2D eigenvalue weighted by molar-refractivity contribution is 5.95. The second-order valence-electron chi connectivity index (χ2n) is 4.28. The van der Waals surface area contributed by atoms with Crippen LogP contribution in [0.3, 0.4) is 0 Å². The van der Waals surface area contributed by atoms with Gasteiger partial charge in [0.25, 0.3) is 5.69 Å². The van der Waals surface area contributed by atoms with Gasteiger partial charge >= 0.3 is 0 Å². The van der Waals surface area contributed by atoms with E-state index < -0.39 is 4.92 Å². The van der Waals surface area contributed by atoms with Crippen molar-refractivity contribution in [2.45, 2.75) is 38.8 Å². The van der Waals surface area contributed by atoms with Crippen LogP contribution in [0.2, 0.25) is 0 Å². The molecule has 0 saturated heterocycles. The molecule has 1 aliphatic rings. The predicted octanol–water partition coefficient (Wildman–Crippen LogP) is 2.93. The molecule has 0 saturated carbocycles. The van der Waals surface area contributed by atoms with Gasteiger partial charge in [0, 0.05) is 17.7 Å². The van der Waals surface area contributed by atoms with E-state index in [1.165, 1.54) is 12.1 Å². The molecule has 1 aliphatic heterocycles. The van der Waals surface area contributed by atoms with E-state index in [4.69, 9.17) is 4.74 Å². The molecule has 96 valence electrons. The molecular weight excluding hydrogens is 232 g/mol. The van der Waals surface area contributed by atoms with Crippen molar-refractivity contribution in [3.05, 3.63) is 39.9 Å². The van der Waals surface area contributed by atoms with Crippen molar-refractivity contribution in [2.24, 2.45) is 4.99 Å². The quantitative estimate of drug-likeness (QED) is 0.607. The summed E-state index contributed by atoms with van der Waals surface area (Å²) in [5.74, 6) is 0.601. The normalized spacial score (nSPS) is 22.4. The summed E-state index contributed by atoms with van der Waals surface area (Å²) in [6.07, 6.45) is 1.98. The molecule has 0 amide bonds. The zero-order chi connectivity index (χ0) is 13.1. The van der Waals surface area contributed by atoms with Gasteiger partial charge in [-0.25, -0.2) is 4.99 Å². The minimum absolute atomic E-state index is 0.0800. The Morgan fingerprint density at radius 1 is 1.28 bits per heavy atom. The SMILES string of the molecule is CC[C@@H]1N=C(c2ccc([N+](=O)[O-])cc2)O[C@H]1CC. The molecule has 0 aliphatic carbocycles. The maximum absolute atomic E-state index is 10.6. The molecule has 1 aromatic rings. The number of benzene rings is 1. The summed E-state index contributed by atoms with van der Waals surface area (Å²) in [5, 5.41) is 10.6. The fraction of sp³-hybridized carbons (Fsp3) is 0.462. The van der Waals surface area contributed by atoms with Gasteiger partial charge in [0.1, 0.15) is 6.10 Å². The van der Waals surface area contributed by atoms with E-state index in [0.29, 0.717) is 5.90 Å². The van der Waals surface area contributed by atoms with E-state index in [0.717, 1.165) is 18.4 Å². The summed E-state index contributed by atoms with van der Waals surface area (Å²) >= 11 is 0. The molecule has 5 nitrogen and oxygen atoms in total. The van der Waals surface area contributed by atoms with Crippen LogP contribution >= 0.6 is 0 Å². The van der Waals surface area contributed by atoms with Crippen LogP contribution < -0.4 is 0 Å². The van der Waals surface area contributed by atoms with E-state index in [1.54, 1.807) is 12.1 Å². The van der Waals surface area contributed by atoms with Crippen LogP contribution in [-0.2, 0) is 4.74 Å². The van der Waals surface area contributed by atoms with Crippen LogP contribution in [-0.4, -0.2) is 23.0 Å². The lowest BCUT2D eigenvalue weighted by Crippen LogP contribution is -2.20. The number of nitro groups is 1. The molecule has 0 radical (unpaired) electrons. The van der Waals surface area contributed by atoms with Gasteiger partial charge in [0.05, 0.1) is 11.0 Å². The molecular formula is C13H16N2O3. The molecule has 2 rings (SSSR count). The number of aliphatic imine (C=N–C) groups is 1. The third-order valence-electron chi connectivity index (χ3n) is 3.12. The highest BCUT2D eigenvalue weighted by atomic mass is 16.6. The number of ether oxygens (including phenoxy) is 1. The maximum atomic E-state index is 10.6. The largest absolute Gasteiger partial charge is 0.472 e. The number of nitro benzene ring substituents is 1. The van der Waals surface area contributed by atoms with Crippen LogP contribution in [0.25, 0.3) is 0 Å². The van der Waals surface area contributed by atoms with Gasteiger partial charge in [-0.15, -0.1) is 0 Å². The number of non-ortho nitro benzene ring substituents is 1. The van der Waals surface area contributed by atoms with E-state index in [1.807, 2.05) is 0 Å². The van der Waals surface area contributed by atoms with Gasteiger partial charge in [-0.05, 0) is 25.0 Å². The molecule has 1 aromatic carbocycles. The van der Waals surface area contributed by atoms with Crippen molar-refractivity contribution in [3.63, 3.8) is 0 Å². The topological polar surface area (TPSA) is 64.7 Å². The zero-order valence-corrected chi connectivity index (χ0v) is 10.5. The summed E-state index contributed by atoms with van der Waals surface area (Å²) in [6, 6.07) is 6.51. The Bertz CT molecular complexity index is 468. The first kappa shape index (κ1) is 12.5. The van der Waals surface area contributed by atoms with E-state index >= 15 is 0 Å². The zero-order valence-electron chi connectivity index (χ0n) is 10.5. The van der Waals surface area contributed by atoms with E-state index in [-0.39, 0.29) is 17.8 Å². The van der Waals surface area contributed by atoms with Crippen molar-refractivity contribution in [3.8, 4) is 0 Å². The lowest BCUT2D eigenvalue weighted by atomic mass is 10.1. The van der Waals surface area contributed by atoms with Crippen molar-refractivity contribution < 1.29 is 9.66 Å². The lowest BCUT2D eigenvalue weighted by Gasteiger charge is -2.13. The van der Waals surface area contributed by atoms with Crippen molar-refractivity contribution in [1.29, 1.82) is 0 Å². The molecule has 5 heteroatoms. The minimum atomic E-state index is -0.412. The van der Waals surface area contributed by atoms with Crippen LogP contribution in [0.4, 0.5) is 5.69 Å². The molecule has 0 unspecified atom stereocenters. The molecule has 18 heavy (non-hydrogen) atoms. The molecule has 0 fully saturated rings. The Labute approximate surface area is 106 Å². The molecule has 0 N–H and O–H groups in total. The maximum Gasteiger partial charge on any atom is 0.269 e. The average Bonchev–Trinajstić information content (AvgIpc) is 2.82. The van der Waals surface area contributed by atoms with Crippen molar-refractivity contribution in [2.75, 3.05) is 0 Å². The molecule has 0 spiro atoms. The third-order valence-corrected chi connectivity index (χ3v) is 3.12. The Morgan fingerprint density at radius 3 is 2.39 bits per heavy atom. The number of rotatable bonds is 4. The Kier molecular flexibility index (Phi) is 3.60. The summed E-state index contributed by atoms with van der Waals surface area (Å²) in [7, 11) is 0. The summed E-state index contributed by atoms with van der Waals surface area (Å²) in [5.41, 5.74) is 0.881. The third kappa shape index (κ3) is 2.34. The molecule has 0 bridgehead atoms. The highest BCUT2D eigenvalue weighted by Gasteiger charge is 2.28. The summed E-state index contributed by atoms with van der Waals surface area (Å²) in [6.45, 7) is 4.15. The van der Waals surface area contributed by atoms with Crippen LogP contribution in [0.5, 0.6) is 0 Å². The predicted molar refractivity (Wildman–Crippen MR) is 68.9 cm³/mol. The van der Waals surface area contributed by atoms with Crippen LogP contribution in [0.1, 0.15) is 32.3 Å². The Balaban J connectivity index is 2.20. The second-order valence-corrected chi connectivity index (χ2v) is 4.28. The van der Waals surface area contributed by atoms with Crippen LogP contribution in [0.15, 0.2) is 29.3 Å². The number of nitrogens with zero attached hydrogens (tertiary/aromatic N) is 2. The molecule has 2 atom stereocenters. The first-order chi connectivity index (χ1) is 8.65. The fourth-order valence-electron chi connectivity index (χ4n) is 2.06. The highest BCUT2D eigenvalue weighted by Crippen LogP contribution is 2.23. The standard InChI is InChI=1S/C13H16N2O3/c1-3-11-12(4-2)18-13(14-11)9-5-7-10(8-6-9)15(16)17/h5-8,11-12H,3-4H2,1-2H3/t11-,12-/m0/s1. The van der Waals surface area contributed by atoms with Gasteiger partial charge in [0.15, 0.2) is 0 Å². The molecule has 0 aromatic heterocycles. The second kappa shape index (κ2) is 5.16. The van der Waals surface area contributed by atoms with Crippen LogP contribution in [0, 0.1) is 10.1 Å². The average molecular weight is 248 g/mol. The van der Waals surface area contributed by atoms with Gasteiger partial charge in [0.2, 0.25) is 5.90 Å². The monoisotopic (exact) mass is 248 g/mol. The Hall–Kier alpha value is -1.91. The van der Waals surface area contributed by atoms with Gasteiger partial charge in [-0.1, -0.05) is 13.8 Å². The fourth-order valence-corrected chi connectivity index (χ4v) is 2.06. The van der Waals surface area contributed by atoms with Gasteiger partial charge in [-0.3, -0.25) is 10.1 Å². The van der Waals surface area contributed by atoms with Gasteiger partial charge in [-0.2, -0.15) is 0 Å². The smallest absolute Gasteiger partial charge is 0.269 e.